The number of thiophene rings is 1. The van der Waals surface area contributed by atoms with Crippen LogP contribution in [0, 0.1) is 0 Å². The van der Waals surface area contributed by atoms with E-state index in [9.17, 15) is 9.59 Å². The fourth-order valence-electron chi connectivity index (χ4n) is 3.64. The molecule has 1 aromatic carbocycles. The Balaban J connectivity index is 0.000000195. The van der Waals surface area contributed by atoms with Crippen molar-refractivity contribution in [2.24, 2.45) is 0 Å². The van der Waals surface area contributed by atoms with Gasteiger partial charge in [-0.2, -0.15) is 0 Å². The number of benzene rings is 1. The Hall–Kier alpha value is -2.26. The van der Waals surface area contributed by atoms with E-state index in [0.29, 0.717) is 6.04 Å². The number of likely N-dealkylation sites (N-methyl/N-ethyl adjacent to an activating group) is 1. The summed E-state index contributed by atoms with van der Waals surface area (Å²) >= 11 is 1.95. The largest absolute Gasteiger partial charge is 0.479 e. The van der Waals surface area contributed by atoms with Gasteiger partial charge in [-0.25, -0.2) is 9.59 Å². The van der Waals surface area contributed by atoms with E-state index in [1.807, 2.05) is 11.3 Å². The van der Waals surface area contributed by atoms with Gasteiger partial charge in [-0.05, 0) is 49.4 Å². The van der Waals surface area contributed by atoms with Crippen LogP contribution in [0.25, 0.3) is 15.7 Å². The van der Waals surface area contributed by atoms with Gasteiger partial charge in [-0.3, -0.25) is 4.90 Å². The molecular formula is C20H23NO6S. The third-order valence-electron chi connectivity index (χ3n) is 5.29. The second-order valence-electron chi connectivity index (χ2n) is 7.07. The third kappa shape index (κ3) is 4.25. The topological polar surface area (TPSA) is 118 Å². The van der Waals surface area contributed by atoms with Crippen LogP contribution in [0.15, 0.2) is 36.4 Å². The summed E-state index contributed by atoms with van der Waals surface area (Å²) in [5, 5.41) is 33.9. The number of carboxylic acid groups (broad SMARTS) is 2. The van der Waals surface area contributed by atoms with Crippen molar-refractivity contribution in [3.05, 3.63) is 41.3 Å². The Kier molecular flexibility index (Phi) is 6.14. The summed E-state index contributed by atoms with van der Waals surface area (Å²) in [5.41, 5.74) is 1.59. The highest BCUT2D eigenvalue weighted by Gasteiger charge is 2.34. The highest BCUT2D eigenvalue weighted by Crippen LogP contribution is 2.40. The summed E-state index contributed by atoms with van der Waals surface area (Å²) in [4.78, 5) is 23.6. The molecule has 28 heavy (non-hydrogen) atoms. The lowest BCUT2D eigenvalue weighted by atomic mass is 10.0. The number of nitrogens with zero attached hydrogens (tertiary/aromatic N) is 1. The van der Waals surface area contributed by atoms with Crippen LogP contribution in [0.2, 0.25) is 0 Å². The lowest BCUT2D eigenvalue weighted by molar-refractivity contribution is -0.165. The predicted octanol–water partition coefficient (Wildman–Crippen LogP) is 2.03. The Bertz CT molecular complexity index is 856. The molecule has 2 aliphatic rings. The lowest BCUT2D eigenvalue weighted by Gasteiger charge is -2.29. The highest BCUT2D eigenvalue weighted by molar-refractivity contribution is 7.20. The van der Waals surface area contributed by atoms with E-state index in [1.165, 1.54) is 34.2 Å². The quantitative estimate of drug-likeness (QED) is 0.615. The summed E-state index contributed by atoms with van der Waals surface area (Å²) in [6.07, 6.45) is 1.92. The molecular weight excluding hydrogens is 382 g/mol. The first-order valence-electron chi connectivity index (χ1n) is 9.01. The molecule has 1 saturated heterocycles. The molecule has 0 spiro atoms. The lowest BCUT2D eigenvalue weighted by Crippen LogP contribution is -2.39. The second-order valence-corrected chi connectivity index (χ2v) is 8.16. The van der Waals surface area contributed by atoms with E-state index < -0.39 is 24.1 Å². The molecule has 2 bridgehead atoms. The van der Waals surface area contributed by atoms with Gasteiger partial charge < -0.3 is 20.4 Å². The SMILES string of the molecule is CN1C2C=C(c3cc4ccccc4s3)CC1CC2.O=C(O)[C@H](O)[C@@H](O)C(=O)O. The fourth-order valence-corrected chi connectivity index (χ4v) is 4.73. The summed E-state index contributed by atoms with van der Waals surface area (Å²) < 4.78 is 1.42. The first-order valence-corrected chi connectivity index (χ1v) is 9.83. The van der Waals surface area contributed by atoms with E-state index in [4.69, 9.17) is 20.4 Å². The van der Waals surface area contributed by atoms with Crippen molar-refractivity contribution in [2.45, 2.75) is 43.6 Å². The normalized spacial score (nSPS) is 23.5. The monoisotopic (exact) mass is 405 g/mol. The molecule has 0 aliphatic carbocycles. The van der Waals surface area contributed by atoms with E-state index in [2.05, 4.69) is 48.4 Å². The van der Waals surface area contributed by atoms with Crippen LogP contribution in [0.5, 0.6) is 0 Å². The van der Waals surface area contributed by atoms with E-state index in [0.717, 1.165) is 6.04 Å². The van der Waals surface area contributed by atoms with Gasteiger partial charge >= 0.3 is 11.9 Å². The molecule has 0 amide bonds. The van der Waals surface area contributed by atoms with Gasteiger partial charge in [-0.1, -0.05) is 24.3 Å². The molecule has 3 heterocycles. The maximum Gasteiger partial charge on any atom is 0.335 e. The van der Waals surface area contributed by atoms with Crippen LogP contribution in [-0.4, -0.2) is 68.6 Å². The van der Waals surface area contributed by atoms with Gasteiger partial charge in [0, 0.05) is 21.7 Å². The summed E-state index contributed by atoms with van der Waals surface area (Å²) in [5.74, 6) is -3.54. The van der Waals surface area contributed by atoms with E-state index >= 15 is 0 Å². The molecule has 7 nitrogen and oxygen atoms in total. The minimum Gasteiger partial charge on any atom is -0.479 e. The number of hydrogen-bond acceptors (Lipinski definition) is 6. The average molecular weight is 405 g/mol. The molecule has 0 radical (unpaired) electrons. The molecule has 4 rings (SSSR count). The first-order chi connectivity index (χ1) is 13.3. The van der Waals surface area contributed by atoms with Crippen LogP contribution in [0.4, 0.5) is 0 Å². The molecule has 0 saturated carbocycles. The molecule has 2 unspecified atom stereocenters. The zero-order valence-corrected chi connectivity index (χ0v) is 16.2. The minimum atomic E-state index is -2.27. The van der Waals surface area contributed by atoms with Crippen molar-refractivity contribution in [2.75, 3.05) is 7.05 Å². The van der Waals surface area contributed by atoms with Crippen molar-refractivity contribution in [1.82, 2.24) is 4.90 Å². The number of carbonyl (C=O) groups is 2. The number of carboxylic acids is 2. The average Bonchev–Trinajstić information content (AvgIpc) is 3.17. The highest BCUT2D eigenvalue weighted by atomic mass is 32.1. The van der Waals surface area contributed by atoms with Crippen LogP contribution in [-0.2, 0) is 9.59 Å². The molecule has 2 aromatic rings. The van der Waals surface area contributed by atoms with Gasteiger partial charge in [0.05, 0.1) is 0 Å². The van der Waals surface area contributed by atoms with Crippen molar-refractivity contribution in [3.8, 4) is 0 Å². The Morgan fingerprint density at radius 3 is 2.32 bits per heavy atom. The van der Waals surface area contributed by atoms with Crippen molar-refractivity contribution in [1.29, 1.82) is 0 Å². The van der Waals surface area contributed by atoms with Crippen LogP contribution < -0.4 is 0 Å². The van der Waals surface area contributed by atoms with Gasteiger partial charge in [0.1, 0.15) is 0 Å². The minimum absolute atomic E-state index is 0.684. The standard InChI is InChI=1S/C16H17NS.C4H6O6/c1-17-13-6-7-14(17)9-12(8-13)16-10-11-4-2-3-5-15(11)18-16;5-1(3(7)8)2(6)4(9)10/h2-5,8,10,13-14H,6-7,9H2,1H3;1-2,5-6H,(H,7,8)(H,9,10)/t;1-,2-/m.1/s1. The van der Waals surface area contributed by atoms with Crippen LogP contribution in [0.3, 0.4) is 0 Å². The second kappa shape index (κ2) is 8.40. The number of aliphatic carboxylic acids is 2. The maximum atomic E-state index is 9.77. The summed E-state index contributed by atoms with van der Waals surface area (Å²) in [6.45, 7) is 0. The summed E-state index contributed by atoms with van der Waals surface area (Å²) in [6, 6.07) is 12.6. The van der Waals surface area contributed by atoms with Crippen LogP contribution in [0.1, 0.15) is 24.1 Å². The van der Waals surface area contributed by atoms with E-state index in [-0.39, 0.29) is 0 Å². The molecule has 1 aromatic heterocycles. The Morgan fingerprint density at radius 1 is 1.11 bits per heavy atom. The smallest absolute Gasteiger partial charge is 0.335 e. The molecule has 8 heteroatoms. The van der Waals surface area contributed by atoms with Gasteiger partial charge in [0.2, 0.25) is 0 Å². The zero-order chi connectivity index (χ0) is 20.4. The van der Waals surface area contributed by atoms with Crippen molar-refractivity contribution < 1.29 is 30.0 Å². The van der Waals surface area contributed by atoms with Gasteiger partial charge in [-0.15, -0.1) is 11.3 Å². The number of aliphatic hydroxyl groups is 2. The first kappa shape index (κ1) is 20.5. The Labute approximate surface area is 166 Å². The number of aliphatic hydroxyl groups excluding tert-OH is 2. The van der Waals surface area contributed by atoms with E-state index in [1.54, 1.807) is 5.57 Å². The predicted molar refractivity (Wildman–Crippen MR) is 106 cm³/mol. The summed E-state index contributed by atoms with van der Waals surface area (Å²) in [7, 11) is 2.28. The number of rotatable bonds is 4. The maximum absolute atomic E-state index is 9.77. The van der Waals surface area contributed by atoms with Crippen molar-refractivity contribution in [3.63, 3.8) is 0 Å². The van der Waals surface area contributed by atoms with Crippen LogP contribution >= 0.6 is 11.3 Å². The fraction of sp³-hybridized carbons (Fsp3) is 0.400. The molecule has 150 valence electrons. The number of hydrogen-bond donors (Lipinski definition) is 4. The van der Waals surface area contributed by atoms with Gasteiger partial charge in [0.25, 0.3) is 0 Å². The number of fused-ring (bicyclic) bond motifs is 3. The Morgan fingerprint density at radius 2 is 1.75 bits per heavy atom. The third-order valence-corrected chi connectivity index (χ3v) is 6.48. The zero-order valence-electron chi connectivity index (χ0n) is 15.4. The molecule has 4 N–H and O–H groups in total. The van der Waals surface area contributed by atoms with Crippen molar-refractivity contribution >= 4 is 38.9 Å². The molecule has 2 aliphatic heterocycles. The molecule has 1 fully saturated rings. The van der Waals surface area contributed by atoms with Gasteiger partial charge in [0.15, 0.2) is 12.2 Å². The molecule has 4 atom stereocenters.